The molecule has 0 aromatic heterocycles. The smallest absolute Gasteiger partial charge is 0.0732 e. The van der Waals surface area contributed by atoms with E-state index in [4.69, 9.17) is 4.74 Å². The standard InChI is InChI=1S/C9H16N2O/c1-3-10-9-7(1)6-2-4-12-8(6)5-11-9/h6-11H,1-5H2. The van der Waals surface area contributed by atoms with Gasteiger partial charge in [-0.05, 0) is 31.2 Å². The van der Waals surface area contributed by atoms with Crippen LogP contribution in [0.25, 0.3) is 0 Å². The molecule has 0 aromatic rings. The maximum atomic E-state index is 5.67. The highest BCUT2D eigenvalue weighted by molar-refractivity contribution is 4.97. The average Bonchev–Trinajstić information content (AvgIpc) is 2.71. The molecule has 0 spiro atoms. The third-order valence-corrected chi connectivity index (χ3v) is 3.62. The number of fused-ring (bicyclic) bond motifs is 3. The summed E-state index contributed by atoms with van der Waals surface area (Å²) in [5.74, 6) is 1.68. The van der Waals surface area contributed by atoms with Gasteiger partial charge in [0, 0.05) is 13.2 Å². The van der Waals surface area contributed by atoms with Crippen molar-refractivity contribution in [3.63, 3.8) is 0 Å². The fraction of sp³-hybridized carbons (Fsp3) is 1.00. The van der Waals surface area contributed by atoms with E-state index < -0.39 is 0 Å². The molecule has 3 nitrogen and oxygen atoms in total. The van der Waals surface area contributed by atoms with Gasteiger partial charge in [-0.25, -0.2) is 0 Å². The lowest BCUT2D eigenvalue weighted by atomic mass is 9.81. The predicted octanol–water partition coefficient (Wildman–Crippen LogP) is -0.0697. The van der Waals surface area contributed by atoms with Gasteiger partial charge in [-0.15, -0.1) is 0 Å². The van der Waals surface area contributed by atoms with Crippen molar-refractivity contribution >= 4 is 0 Å². The van der Waals surface area contributed by atoms with Crippen LogP contribution in [0, 0.1) is 11.8 Å². The molecule has 0 aromatic carbocycles. The monoisotopic (exact) mass is 168 g/mol. The predicted molar refractivity (Wildman–Crippen MR) is 45.7 cm³/mol. The summed E-state index contributed by atoms with van der Waals surface area (Å²) < 4.78 is 5.67. The minimum Gasteiger partial charge on any atom is -0.377 e. The maximum Gasteiger partial charge on any atom is 0.0732 e. The summed E-state index contributed by atoms with van der Waals surface area (Å²) in [4.78, 5) is 0. The van der Waals surface area contributed by atoms with E-state index in [0.29, 0.717) is 12.3 Å². The van der Waals surface area contributed by atoms with E-state index in [1.807, 2.05) is 0 Å². The Hall–Kier alpha value is -0.120. The fourth-order valence-corrected chi connectivity index (χ4v) is 3.02. The lowest BCUT2D eigenvalue weighted by Crippen LogP contribution is -2.53. The van der Waals surface area contributed by atoms with Gasteiger partial charge < -0.3 is 10.1 Å². The summed E-state index contributed by atoms with van der Waals surface area (Å²) in [7, 11) is 0. The quantitative estimate of drug-likeness (QED) is 0.531. The molecule has 3 aliphatic heterocycles. The van der Waals surface area contributed by atoms with Crippen LogP contribution in [0.3, 0.4) is 0 Å². The zero-order valence-corrected chi connectivity index (χ0v) is 7.25. The normalized spacial score (nSPS) is 52.0. The molecule has 3 fully saturated rings. The molecular formula is C9H16N2O. The van der Waals surface area contributed by atoms with Crippen molar-refractivity contribution in [2.45, 2.75) is 25.1 Å². The third-order valence-electron chi connectivity index (χ3n) is 3.62. The molecule has 12 heavy (non-hydrogen) atoms. The van der Waals surface area contributed by atoms with Crippen LogP contribution in [-0.2, 0) is 4.74 Å². The molecule has 3 aliphatic rings. The van der Waals surface area contributed by atoms with Crippen molar-refractivity contribution in [2.75, 3.05) is 19.7 Å². The maximum absolute atomic E-state index is 5.67. The van der Waals surface area contributed by atoms with E-state index in [2.05, 4.69) is 10.6 Å². The third kappa shape index (κ3) is 0.934. The van der Waals surface area contributed by atoms with E-state index in [1.54, 1.807) is 0 Å². The summed E-state index contributed by atoms with van der Waals surface area (Å²) in [6.45, 7) is 3.23. The van der Waals surface area contributed by atoms with Crippen LogP contribution in [0.2, 0.25) is 0 Å². The van der Waals surface area contributed by atoms with Crippen LogP contribution in [0.1, 0.15) is 12.8 Å². The molecule has 3 rings (SSSR count). The van der Waals surface area contributed by atoms with Gasteiger partial charge in [0.2, 0.25) is 0 Å². The molecule has 2 N–H and O–H groups in total. The molecule has 0 radical (unpaired) electrons. The lowest BCUT2D eigenvalue weighted by molar-refractivity contribution is 0.0423. The number of piperidine rings is 1. The number of rotatable bonds is 0. The van der Waals surface area contributed by atoms with Crippen LogP contribution in [-0.4, -0.2) is 32.0 Å². The van der Waals surface area contributed by atoms with Gasteiger partial charge in [0.1, 0.15) is 0 Å². The molecule has 4 atom stereocenters. The molecule has 0 aliphatic carbocycles. The number of nitrogens with one attached hydrogen (secondary N) is 2. The van der Waals surface area contributed by atoms with Crippen LogP contribution in [0.4, 0.5) is 0 Å². The van der Waals surface area contributed by atoms with Crippen LogP contribution >= 0.6 is 0 Å². The molecule has 3 heteroatoms. The minimum absolute atomic E-state index is 0.520. The Kier molecular flexibility index (Phi) is 1.63. The van der Waals surface area contributed by atoms with Crippen molar-refractivity contribution in [2.24, 2.45) is 11.8 Å². The fourth-order valence-electron chi connectivity index (χ4n) is 3.02. The minimum atomic E-state index is 0.520. The SMILES string of the molecule is C1CC2C(N1)NCC1OCCC12. The first-order valence-electron chi connectivity index (χ1n) is 5.03. The summed E-state index contributed by atoms with van der Waals surface area (Å²) in [5.41, 5.74) is 0. The largest absolute Gasteiger partial charge is 0.377 e. The van der Waals surface area contributed by atoms with E-state index in [0.717, 1.165) is 25.0 Å². The molecule has 0 bridgehead atoms. The first-order chi connectivity index (χ1) is 5.95. The van der Waals surface area contributed by atoms with Gasteiger partial charge in [-0.3, -0.25) is 5.32 Å². The average molecular weight is 168 g/mol. The van der Waals surface area contributed by atoms with Crippen molar-refractivity contribution < 1.29 is 4.74 Å². The van der Waals surface area contributed by atoms with E-state index in [-0.39, 0.29) is 0 Å². The summed E-state index contributed by atoms with van der Waals surface area (Å²) >= 11 is 0. The van der Waals surface area contributed by atoms with Gasteiger partial charge in [0.25, 0.3) is 0 Å². The Balaban J connectivity index is 1.81. The summed E-state index contributed by atoms with van der Waals surface area (Å²) in [5, 5.41) is 7.02. The highest BCUT2D eigenvalue weighted by Gasteiger charge is 2.44. The van der Waals surface area contributed by atoms with Crippen LogP contribution in [0.15, 0.2) is 0 Å². The van der Waals surface area contributed by atoms with E-state index in [1.165, 1.54) is 19.4 Å². The number of ether oxygens (including phenoxy) is 1. The lowest BCUT2D eigenvalue weighted by Gasteiger charge is -2.35. The molecule has 0 saturated carbocycles. The highest BCUT2D eigenvalue weighted by atomic mass is 16.5. The Morgan fingerprint density at radius 2 is 2.08 bits per heavy atom. The summed E-state index contributed by atoms with van der Waals surface area (Å²) in [6.07, 6.45) is 3.73. The van der Waals surface area contributed by atoms with Crippen LogP contribution in [0.5, 0.6) is 0 Å². The Labute approximate surface area is 72.9 Å². The van der Waals surface area contributed by atoms with Gasteiger partial charge in [0.15, 0.2) is 0 Å². The Bertz CT molecular complexity index is 165. The van der Waals surface area contributed by atoms with Crippen molar-refractivity contribution in [3.8, 4) is 0 Å². The second kappa shape index (κ2) is 2.69. The molecule has 3 heterocycles. The Morgan fingerprint density at radius 1 is 1.08 bits per heavy atom. The van der Waals surface area contributed by atoms with Gasteiger partial charge in [-0.1, -0.05) is 0 Å². The topological polar surface area (TPSA) is 33.3 Å². The van der Waals surface area contributed by atoms with E-state index in [9.17, 15) is 0 Å². The zero-order chi connectivity index (χ0) is 7.97. The molecule has 4 unspecified atom stereocenters. The molecule has 3 saturated heterocycles. The molecular weight excluding hydrogens is 152 g/mol. The van der Waals surface area contributed by atoms with Gasteiger partial charge in [0.05, 0.1) is 12.3 Å². The van der Waals surface area contributed by atoms with Gasteiger partial charge >= 0.3 is 0 Å². The highest BCUT2D eigenvalue weighted by Crippen LogP contribution is 2.36. The van der Waals surface area contributed by atoms with E-state index >= 15 is 0 Å². The number of hydrogen-bond donors (Lipinski definition) is 2. The molecule has 68 valence electrons. The zero-order valence-electron chi connectivity index (χ0n) is 7.25. The number of hydrogen-bond acceptors (Lipinski definition) is 3. The second-order valence-electron chi connectivity index (χ2n) is 4.15. The van der Waals surface area contributed by atoms with Gasteiger partial charge in [-0.2, -0.15) is 0 Å². The van der Waals surface area contributed by atoms with Crippen LogP contribution < -0.4 is 10.6 Å². The first-order valence-corrected chi connectivity index (χ1v) is 5.03. The molecule has 0 amide bonds. The second-order valence-corrected chi connectivity index (χ2v) is 4.15. The summed E-state index contributed by atoms with van der Waals surface area (Å²) in [6, 6.07) is 0. The van der Waals surface area contributed by atoms with Crippen molar-refractivity contribution in [3.05, 3.63) is 0 Å². The Morgan fingerprint density at radius 3 is 3.08 bits per heavy atom. The van der Waals surface area contributed by atoms with Crippen molar-refractivity contribution in [1.29, 1.82) is 0 Å². The van der Waals surface area contributed by atoms with Crippen molar-refractivity contribution in [1.82, 2.24) is 10.6 Å². The first kappa shape index (κ1) is 7.30.